The Balaban J connectivity index is 1.71. The molecule has 0 bridgehead atoms. The molecule has 0 aliphatic carbocycles. The summed E-state index contributed by atoms with van der Waals surface area (Å²) in [5.74, 6) is 0.701. The van der Waals surface area contributed by atoms with Crippen molar-refractivity contribution in [2.45, 2.75) is 25.9 Å². The third kappa shape index (κ3) is 6.16. The van der Waals surface area contributed by atoms with Gasteiger partial charge in [-0.2, -0.15) is 0 Å². The highest BCUT2D eigenvalue weighted by molar-refractivity contribution is 9.09. The summed E-state index contributed by atoms with van der Waals surface area (Å²) in [6, 6.07) is 17.4. The predicted molar refractivity (Wildman–Crippen MR) is 117 cm³/mol. The number of ether oxygens (including phenoxy) is 2. The highest BCUT2D eigenvalue weighted by Gasteiger charge is 2.10. The van der Waals surface area contributed by atoms with Gasteiger partial charge in [-0.15, -0.1) is 0 Å². The maximum absolute atomic E-state index is 12.3. The average Bonchev–Trinajstić information content (AvgIpc) is 2.77. The fraction of sp³-hybridized carbons (Fsp3) is 0.273. The van der Waals surface area contributed by atoms with Crippen molar-refractivity contribution >= 4 is 15.9 Å². The first-order valence-electron chi connectivity index (χ1n) is 9.45. The third-order valence-electron chi connectivity index (χ3n) is 4.45. The van der Waals surface area contributed by atoms with Crippen LogP contribution in [0.2, 0.25) is 0 Å². The van der Waals surface area contributed by atoms with Gasteiger partial charge < -0.3 is 14.6 Å². The first-order valence-corrected chi connectivity index (χ1v) is 10.6. The third-order valence-corrected chi connectivity index (χ3v) is 5.17. The van der Waals surface area contributed by atoms with Crippen LogP contribution in [0.3, 0.4) is 0 Å². The van der Waals surface area contributed by atoms with E-state index in [1.807, 2.05) is 54.6 Å². The number of hydrogen-bond donors (Lipinski definition) is 2. The van der Waals surface area contributed by atoms with Crippen LogP contribution < -0.4 is 16.0 Å². The van der Waals surface area contributed by atoms with Gasteiger partial charge >= 0.3 is 5.69 Å². The minimum Gasteiger partial charge on any atom is -0.489 e. The van der Waals surface area contributed by atoms with Crippen LogP contribution in [0.15, 0.2) is 70.4 Å². The van der Waals surface area contributed by atoms with E-state index in [0.717, 1.165) is 11.1 Å². The molecule has 0 saturated heterocycles. The Morgan fingerprint density at radius 2 is 1.83 bits per heavy atom. The molecule has 0 spiro atoms. The number of benzene rings is 2. The molecule has 0 aliphatic heterocycles. The summed E-state index contributed by atoms with van der Waals surface area (Å²) in [5, 5.41) is 9.63. The summed E-state index contributed by atoms with van der Waals surface area (Å²) in [6.07, 6.45) is 1.38. The van der Waals surface area contributed by atoms with Gasteiger partial charge in [-0.05, 0) is 23.3 Å². The van der Waals surface area contributed by atoms with E-state index in [1.165, 1.54) is 10.8 Å². The zero-order chi connectivity index (χ0) is 21.3. The number of aromatic nitrogens is 2. The Kier molecular flexibility index (Phi) is 8.01. The summed E-state index contributed by atoms with van der Waals surface area (Å²) < 4.78 is 12.6. The van der Waals surface area contributed by atoms with Gasteiger partial charge in [-0.1, -0.05) is 58.4 Å². The van der Waals surface area contributed by atoms with Gasteiger partial charge in [0.05, 0.1) is 12.7 Å². The SMILES string of the molecule is O=c1[nH]c(=O)n(COC(CO)CBr)cc1Cc1cccc(OCc2ccccc2)c1. The minimum absolute atomic E-state index is 0.0698. The lowest BCUT2D eigenvalue weighted by Crippen LogP contribution is -2.34. The van der Waals surface area contributed by atoms with Crippen LogP contribution in [0.5, 0.6) is 5.75 Å². The van der Waals surface area contributed by atoms with Gasteiger partial charge in [0, 0.05) is 23.5 Å². The van der Waals surface area contributed by atoms with Crippen LogP contribution >= 0.6 is 15.9 Å². The molecule has 2 aromatic carbocycles. The number of alkyl halides is 1. The van der Waals surface area contributed by atoms with Crippen molar-refractivity contribution in [3.05, 3.63) is 98.3 Å². The second kappa shape index (κ2) is 10.9. The molecule has 2 N–H and O–H groups in total. The lowest BCUT2D eigenvalue weighted by molar-refractivity contribution is -0.0115. The molecule has 0 fully saturated rings. The van der Waals surface area contributed by atoms with E-state index in [1.54, 1.807) is 0 Å². The monoisotopic (exact) mass is 474 g/mol. The molecule has 30 heavy (non-hydrogen) atoms. The molecule has 0 saturated carbocycles. The Labute approximate surface area is 182 Å². The minimum atomic E-state index is -0.560. The first-order chi connectivity index (χ1) is 14.6. The van der Waals surface area contributed by atoms with Gasteiger partial charge in [0.15, 0.2) is 0 Å². The van der Waals surface area contributed by atoms with Crippen LogP contribution in [0.4, 0.5) is 0 Å². The first kappa shape index (κ1) is 22.0. The van der Waals surface area contributed by atoms with E-state index >= 15 is 0 Å². The molecule has 1 aromatic heterocycles. The lowest BCUT2D eigenvalue weighted by Gasteiger charge is -2.14. The summed E-state index contributed by atoms with van der Waals surface area (Å²) in [7, 11) is 0. The van der Waals surface area contributed by atoms with Crippen LogP contribution in [-0.2, 0) is 24.5 Å². The van der Waals surface area contributed by atoms with E-state index in [2.05, 4.69) is 20.9 Å². The molecule has 1 heterocycles. The zero-order valence-electron chi connectivity index (χ0n) is 16.3. The predicted octanol–water partition coefficient (Wildman–Crippen LogP) is 2.44. The number of H-pyrrole nitrogens is 1. The molecular formula is C22H23BrN2O5. The molecule has 3 aromatic rings. The summed E-state index contributed by atoms with van der Waals surface area (Å²) in [6.45, 7) is 0.207. The molecule has 0 radical (unpaired) electrons. The van der Waals surface area contributed by atoms with Crippen molar-refractivity contribution in [1.82, 2.24) is 9.55 Å². The second-order valence-electron chi connectivity index (χ2n) is 6.74. The van der Waals surface area contributed by atoms with Crippen molar-refractivity contribution < 1.29 is 14.6 Å². The highest BCUT2D eigenvalue weighted by Crippen LogP contribution is 2.17. The number of rotatable bonds is 10. The maximum Gasteiger partial charge on any atom is 0.330 e. The van der Waals surface area contributed by atoms with Gasteiger partial charge in [0.25, 0.3) is 5.56 Å². The summed E-state index contributed by atoms with van der Waals surface area (Å²) >= 11 is 3.23. The van der Waals surface area contributed by atoms with E-state index in [9.17, 15) is 14.7 Å². The molecule has 1 atom stereocenters. The van der Waals surface area contributed by atoms with Gasteiger partial charge in [0.1, 0.15) is 19.1 Å². The largest absolute Gasteiger partial charge is 0.489 e. The second-order valence-corrected chi connectivity index (χ2v) is 7.38. The number of aliphatic hydroxyl groups is 1. The molecule has 158 valence electrons. The summed E-state index contributed by atoms with van der Waals surface area (Å²) in [4.78, 5) is 26.6. The van der Waals surface area contributed by atoms with Crippen LogP contribution in [0, 0.1) is 0 Å². The topological polar surface area (TPSA) is 93.6 Å². The smallest absolute Gasteiger partial charge is 0.330 e. The molecular weight excluding hydrogens is 452 g/mol. The van der Waals surface area contributed by atoms with E-state index < -0.39 is 17.4 Å². The van der Waals surface area contributed by atoms with Crippen molar-refractivity contribution in [3.63, 3.8) is 0 Å². The molecule has 0 aliphatic rings. The van der Waals surface area contributed by atoms with Gasteiger partial charge in [-0.25, -0.2) is 4.79 Å². The van der Waals surface area contributed by atoms with Crippen molar-refractivity contribution in [2.24, 2.45) is 0 Å². The van der Waals surface area contributed by atoms with Crippen molar-refractivity contribution in [1.29, 1.82) is 0 Å². The summed E-state index contributed by atoms with van der Waals surface area (Å²) in [5.41, 5.74) is 1.38. The number of nitrogens with one attached hydrogen (secondary N) is 1. The quantitative estimate of drug-likeness (QED) is 0.440. The van der Waals surface area contributed by atoms with Crippen LogP contribution in [-0.4, -0.2) is 32.7 Å². The highest BCUT2D eigenvalue weighted by atomic mass is 79.9. The average molecular weight is 475 g/mol. The fourth-order valence-electron chi connectivity index (χ4n) is 2.81. The fourth-order valence-corrected chi connectivity index (χ4v) is 3.21. The normalized spacial score (nSPS) is 11.9. The molecule has 8 heteroatoms. The lowest BCUT2D eigenvalue weighted by atomic mass is 10.1. The number of hydrogen-bond acceptors (Lipinski definition) is 5. The van der Waals surface area contributed by atoms with E-state index in [0.29, 0.717) is 29.7 Å². The number of nitrogens with zero attached hydrogens (tertiary/aromatic N) is 1. The standard InChI is InChI=1S/C22H23BrN2O5/c23-11-20(13-26)30-15-25-12-18(21(27)24-22(25)28)9-17-7-4-8-19(10-17)29-14-16-5-2-1-3-6-16/h1-8,10,12,20,26H,9,11,13-15H2,(H,24,27,28). The van der Waals surface area contributed by atoms with E-state index in [4.69, 9.17) is 9.47 Å². The van der Waals surface area contributed by atoms with Crippen molar-refractivity contribution in [2.75, 3.05) is 11.9 Å². The Morgan fingerprint density at radius 1 is 1.07 bits per heavy atom. The Bertz CT molecular complexity index is 1060. The maximum atomic E-state index is 12.3. The number of aliphatic hydroxyl groups excluding tert-OH is 1. The molecule has 1 unspecified atom stereocenters. The van der Waals surface area contributed by atoms with Crippen molar-refractivity contribution in [3.8, 4) is 5.75 Å². The van der Waals surface area contributed by atoms with E-state index in [-0.39, 0.29) is 13.3 Å². The van der Waals surface area contributed by atoms with Crippen LogP contribution in [0.25, 0.3) is 0 Å². The Morgan fingerprint density at radius 3 is 2.57 bits per heavy atom. The van der Waals surface area contributed by atoms with Gasteiger partial charge in [0.2, 0.25) is 0 Å². The Hall–Kier alpha value is -2.68. The number of aromatic amines is 1. The zero-order valence-corrected chi connectivity index (χ0v) is 17.9. The van der Waals surface area contributed by atoms with Crippen LogP contribution in [0.1, 0.15) is 16.7 Å². The molecule has 0 amide bonds. The van der Waals surface area contributed by atoms with Gasteiger partial charge in [-0.3, -0.25) is 14.3 Å². The number of halogens is 1. The molecule has 7 nitrogen and oxygen atoms in total. The molecule has 3 rings (SSSR count).